The van der Waals surface area contributed by atoms with E-state index in [2.05, 4.69) is 59.3 Å². The molecule has 272 valence electrons. The van der Waals surface area contributed by atoms with Crippen LogP contribution in [0.5, 0.6) is 0 Å². The average Bonchev–Trinajstić information content (AvgIpc) is 3.01. The summed E-state index contributed by atoms with van der Waals surface area (Å²) in [4.78, 5) is 12.6. The van der Waals surface area contributed by atoms with Crippen molar-refractivity contribution in [1.29, 1.82) is 0 Å². The van der Waals surface area contributed by atoms with Gasteiger partial charge in [0.2, 0.25) is 0 Å². The SMILES string of the molecule is CCCCCCCC/C=C\CCCCCCCCOCC(C[N+](C)(C)C)OC(=O)CCCCCCC/C=C\CCCCCCCC. The van der Waals surface area contributed by atoms with Crippen LogP contribution in [-0.2, 0) is 14.3 Å². The number of esters is 1. The van der Waals surface area contributed by atoms with E-state index in [1.807, 2.05) is 0 Å². The van der Waals surface area contributed by atoms with Gasteiger partial charge in [0, 0.05) is 13.0 Å². The molecule has 0 fully saturated rings. The maximum absolute atomic E-state index is 12.6. The number of hydrogen-bond acceptors (Lipinski definition) is 3. The Bertz CT molecular complexity index is 681. The van der Waals surface area contributed by atoms with Gasteiger partial charge >= 0.3 is 5.97 Å². The third kappa shape index (κ3) is 37.3. The molecule has 0 aliphatic rings. The molecule has 0 N–H and O–H groups in total. The number of unbranched alkanes of at least 4 members (excludes halogenated alkanes) is 23. The van der Waals surface area contributed by atoms with Crippen molar-refractivity contribution in [3.05, 3.63) is 24.3 Å². The van der Waals surface area contributed by atoms with Crippen LogP contribution in [0.4, 0.5) is 0 Å². The first-order valence-electron chi connectivity index (χ1n) is 20.3. The third-order valence-corrected chi connectivity index (χ3v) is 8.80. The first-order chi connectivity index (χ1) is 22.4. The van der Waals surface area contributed by atoms with Gasteiger partial charge in [-0.1, -0.05) is 147 Å². The molecule has 4 heteroatoms. The maximum atomic E-state index is 12.6. The zero-order chi connectivity index (χ0) is 33.8. The van der Waals surface area contributed by atoms with Crippen molar-refractivity contribution in [2.45, 2.75) is 200 Å². The number of carbonyl (C=O) groups is 1. The summed E-state index contributed by atoms with van der Waals surface area (Å²) < 4.78 is 12.6. The smallest absolute Gasteiger partial charge is 0.306 e. The van der Waals surface area contributed by atoms with Gasteiger partial charge in [0.15, 0.2) is 6.10 Å². The van der Waals surface area contributed by atoms with E-state index in [0.29, 0.717) is 13.0 Å². The lowest BCUT2D eigenvalue weighted by Gasteiger charge is -2.29. The van der Waals surface area contributed by atoms with Crippen LogP contribution in [0, 0.1) is 0 Å². The molecule has 0 bridgehead atoms. The molecule has 0 aromatic rings. The zero-order valence-corrected chi connectivity index (χ0v) is 32.0. The van der Waals surface area contributed by atoms with Crippen LogP contribution < -0.4 is 0 Å². The van der Waals surface area contributed by atoms with Crippen molar-refractivity contribution in [3.63, 3.8) is 0 Å². The van der Waals surface area contributed by atoms with Crippen LogP contribution in [0.25, 0.3) is 0 Å². The largest absolute Gasteiger partial charge is 0.454 e. The number of carbonyl (C=O) groups excluding carboxylic acids is 1. The molecule has 0 aromatic heterocycles. The van der Waals surface area contributed by atoms with E-state index in [-0.39, 0.29) is 12.1 Å². The standard InChI is InChI=1S/C42H82NO3/c1-6-8-10-12-14-16-18-20-22-24-26-28-30-32-34-36-38-45-40-41(39-43(3,4)5)46-42(44)37-35-33-31-29-27-25-23-21-19-17-15-13-11-9-7-2/h20-23,41H,6-19,24-40H2,1-5H3/q+1/b22-20-,23-21-. The monoisotopic (exact) mass is 649 g/mol. The number of rotatable bonds is 36. The maximum Gasteiger partial charge on any atom is 0.306 e. The van der Waals surface area contributed by atoms with E-state index < -0.39 is 0 Å². The predicted molar refractivity (Wildman–Crippen MR) is 203 cm³/mol. The van der Waals surface area contributed by atoms with Crippen LogP contribution >= 0.6 is 0 Å². The molecule has 0 radical (unpaired) electrons. The topological polar surface area (TPSA) is 35.5 Å². The Labute approximate surface area is 289 Å². The van der Waals surface area contributed by atoms with Gasteiger partial charge in [-0.15, -0.1) is 0 Å². The van der Waals surface area contributed by atoms with E-state index in [0.717, 1.165) is 36.9 Å². The summed E-state index contributed by atoms with van der Waals surface area (Å²) in [7, 11) is 6.45. The minimum Gasteiger partial charge on any atom is -0.454 e. The second-order valence-electron chi connectivity index (χ2n) is 14.9. The first-order valence-corrected chi connectivity index (χ1v) is 20.3. The normalized spacial score (nSPS) is 12.9. The zero-order valence-electron chi connectivity index (χ0n) is 32.0. The molecule has 0 aliphatic heterocycles. The van der Waals surface area contributed by atoms with Crippen LogP contribution in [-0.4, -0.2) is 57.5 Å². The van der Waals surface area contributed by atoms with E-state index in [9.17, 15) is 4.79 Å². The quantitative estimate of drug-likeness (QED) is 0.0293. The highest BCUT2D eigenvalue weighted by molar-refractivity contribution is 5.69. The lowest BCUT2D eigenvalue weighted by molar-refractivity contribution is -0.873. The molecular weight excluding hydrogens is 566 g/mol. The number of likely N-dealkylation sites (N-methyl/N-ethyl adjacent to an activating group) is 1. The Morgan fingerprint density at radius 1 is 0.522 bits per heavy atom. The molecule has 0 aliphatic carbocycles. The van der Waals surface area contributed by atoms with Gasteiger partial charge in [-0.2, -0.15) is 0 Å². The summed E-state index contributed by atoms with van der Waals surface area (Å²) in [5, 5.41) is 0. The van der Waals surface area contributed by atoms with Crippen LogP contribution in [0.1, 0.15) is 194 Å². The van der Waals surface area contributed by atoms with Crippen molar-refractivity contribution in [1.82, 2.24) is 0 Å². The summed E-state index contributed by atoms with van der Waals surface area (Å²) in [6.45, 7) is 6.62. The van der Waals surface area contributed by atoms with Crippen molar-refractivity contribution in [2.24, 2.45) is 0 Å². The van der Waals surface area contributed by atoms with E-state index in [4.69, 9.17) is 9.47 Å². The van der Waals surface area contributed by atoms with Gasteiger partial charge in [-0.25, -0.2) is 0 Å². The highest BCUT2D eigenvalue weighted by Crippen LogP contribution is 2.13. The number of quaternary nitrogens is 1. The fourth-order valence-corrected chi connectivity index (χ4v) is 5.99. The molecule has 0 spiro atoms. The minimum atomic E-state index is -0.162. The first kappa shape index (κ1) is 44.9. The number of hydrogen-bond donors (Lipinski definition) is 0. The molecule has 0 aromatic carbocycles. The third-order valence-electron chi connectivity index (χ3n) is 8.80. The summed E-state index contributed by atoms with van der Waals surface area (Å²) in [5.74, 6) is -0.0584. The van der Waals surface area contributed by atoms with Crippen molar-refractivity contribution in [2.75, 3.05) is 40.9 Å². The summed E-state index contributed by atoms with van der Waals surface area (Å²) in [6, 6.07) is 0. The lowest BCUT2D eigenvalue weighted by Crippen LogP contribution is -2.44. The Hall–Kier alpha value is -1.13. The Morgan fingerprint density at radius 3 is 1.30 bits per heavy atom. The van der Waals surface area contributed by atoms with Crippen molar-refractivity contribution in [3.8, 4) is 0 Å². The summed E-state index contributed by atoms with van der Waals surface area (Å²) in [6.07, 6.45) is 44.8. The van der Waals surface area contributed by atoms with Gasteiger partial charge in [0.25, 0.3) is 0 Å². The molecule has 0 rings (SSSR count). The molecule has 1 atom stereocenters. The van der Waals surface area contributed by atoms with Crippen LogP contribution in [0.3, 0.4) is 0 Å². The molecule has 46 heavy (non-hydrogen) atoms. The molecule has 0 saturated carbocycles. The highest BCUT2D eigenvalue weighted by atomic mass is 16.6. The summed E-state index contributed by atoms with van der Waals surface area (Å²) in [5.41, 5.74) is 0. The predicted octanol–water partition coefficient (Wildman–Crippen LogP) is 12.7. The van der Waals surface area contributed by atoms with Crippen LogP contribution in [0.15, 0.2) is 24.3 Å². The minimum absolute atomic E-state index is 0.0584. The van der Waals surface area contributed by atoms with E-state index in [1.54, 1.807) is 0 Å². The van der Waals surface area contributed by atoms with Gasteiger partial charge in [-0.3, -0.25) is 4.79 Å². The Morgan fingerprint density at radius 2 is 0.891 bits per heavy atom. The summed E-state index contributed by atoms with van der Waals surface area (Å²) >= 11 is 0. The van der Waals surface area contributed by atoms with Crippen LogP contribution in [0.2, 0.25) is 0 Å². The Balaban J connectivity index is 3.76. The Kier molecular flexibility index (Phi) is 34.3. The lowest BCUT2D eigenvalue weighted by atomic mass is 10.1. The van der Waals surface area contributed by atoms with Gasteiger partial charge in [-0.05, 0) is 64.2 Å². The fourth-order valence-electron chi connectivity index (χ4n) is 5.99. The molecule has 1 unspecified atom stereocenters. The molecule has 0 amide bonds. The fraction of sp³-hybridized carbons (Fsp3) is 0.881. The average molecular weight is 649 g/mol. The number of ether oxygens (including phenoxy) is 2. The van der Waals surface area contributed by atoms with E-state index >= 15 is 0 Å². The second-order valence-corrected chi connectivity index (χ2v) is 14.9. The second kappa shape index (κ2) is 35.2. The van der Waals surface area contributed by atoms with Crippen molar-refractivity contribution >= 4 is 5.97 Å². The number of nitrogens with zero attached hydrogens (tertiary/aromatic N) is 1. The molecule has 0 heterocycles. The van der Waals surface area contributed by atoms with Crippen molar-refractivity contribution < 1.29 is 18.8 Å². The molecular formula is C42H82NO3+. The highest BCUT2D eigenvalue weighted by Gasteiger charge is 2.22. The van der Waals surface area contributed by atoms with Gasteiger partial charge in [0.05, 0.1) is 27.7 Å². The molecule has 4 nitrogen and oxygen atoms in total. The number of allylic oxidation sites excluding steroid dienone is 4. The van der Waals surface area contributed by atoms with E-state index in [1.165, 1.54) is 154 Å². The van der Waals surface area contributed by atoms with Gasteiger partial charge < -0.3 is 14.0 Å². The van der Waals surface area contributed by atoms with Gasteiger partial charge in [0.1, 0.15) is 6.54 Å². The molecule has 0 saturated heterocycles.